The summed E-state index contributed by atoms with van der Waals surface area (Å²) in [6.07, 6.45) is 9.44. The van der Waals surface area contributed by atoms with Gasteiger partial charge in [-0.25, -0.2) is 9.07 Å². The summed E-state index contributed by atoms with van der Waals surface area (Å²) in [4.78, 5) is 12.2. The fourth-order valence-electron chi connectivity index (χ4n) is 3.21. The molecular formula is C19H25FN4O. The molecule has 0 atom stereocenters. The Hall–Kier alpha value is -2.21. The van der Waals surface area contributed by atoms with Crippen molar-refractivity contribution in [3.63, 3.8) is 0 Å². The fourth-order valence-corrected chi connectivity index (χ4v) is 3.21. The topological polar surface area (TPSA) is 59.0 Å². The number of carbonyl (C=O) groups is 1. The maximum atomic E-state index is 13.0. The normalized spacial score (nSPS) is 15.7. The van der Waals surface area contributed by atoms with Gasteiger partial charge in [-0.2, -0.15) is 5.10 Å². The third-order valence-corrected chi connectivity index (χ3v) is 4.61. The summed E-state index contributed by atoms with van der Waals surface area (Å²) in [5, 5.41) is 10.7. The molecule has 5 nitrogen and oxygen atoms in total. The van der Waals surface area contributed by atoms with Crippen LogP contribution in [-0.2, 0) is 0 Å². The van der Waals surface area contributed by atoms with E-state index in [1.807, 2.05) is 0 Å². The van der Waals surface area contributed by atoms with Crippen LogP contribution in [0.15, 0.2) is 36.5 Å². The Bertz CT molecular complexity index is 675. The Morgan fingerprint density at radius 3 is 2.52 bits per heavy atom. The van der Waals surface area contributed by atoms with Crippen LogP contribution in [0.2, 0.25) is 0 Å². The van der Waals surface area contributed by atoms with Crippen molar-refractivity contribution >= 4 is 5.91 Å². The molecule has 2 N–H and O–H groups in total. The van der Waals surface area contributed by atoms with Crippen LogP contribution in [0.25, 0.3) is 5.69 Å². The minimum atomic E-state index is -0.296. The summed E-state index contributed by atoms with van der Waals surface area (Å²) in [6.45, 7) is 1.35. The second kappa shape index (κ2) is 8.76. The van der Waals surface area contributed by atoms with Crippen molar-refractivity contribution in [2.75, 3.05) is 13.1 Å². The zero-order chi connectivity index (χ0) is 17.5. The molecule has 1 aromatic heterocycles. The number of carbonyl (C=O) groups excluding carboxylic acids is 1. The summed E-state index contributed by atoms with van der Waals surface area (Å²) in [5.41, 5.74) is 1.08. The van der Waals surface area contributed by atoms with E-state index in [0.717, 1.165) is 12.2 Å². The molecule has 1 fully saturated rings. The molecule has 134 valence electrons. The molecule has 1 aliphatic rings. The van der Waals surface area contributed by atoms with Crippen LogP contribution in [0.1, 0.15) is 49.0 Å². The van der Waals surface area contributed by atoms with Crippen molar-refractivity contribution in [1.82, 2.24) is 20.4 Å². The third kappa shape index (κ3) is 5.13. The number of aromatic nitrogens is 2. The van der Waals surface area contributed by atoms with E-state index in [9.17, 15) is 9.18 Å². The molecule has 0 radical (unpaired) electrons. The average Bonchev–Trinajstić information content (AvgIpc) is 2.97. The number of nitrogens with zero attached hydrogens (tertiary/aromatic N) is 2. The molecule has 0 saturated heterocycles. The Kier molecular flexibility index (Phi) is 6.17. The first-order valence-electron chi connectivity index (χ1n) is 9.05. The summed E-state index contributed by atoms with van der Waals surface area (Å²) in [6, 6.07) is 8.24. The second-order valence-corrected chi connectivity index (χ2v) is 6.52. The summed E-state index contributed by atoms with van der Waals surface area (Å²) in [5.74, 6) is -0.487. The van der Waals surface area contributed by atoms with Gasteiger partial charge in [0.1, 0.15) is 5.82 Å². The molecule has 3 rings (SSSR count). The standard InChI is InChI=1S/C19H25FN4O/c20-15-7-9-17(10-8-15)24-14-11-18(23-24)19(25)22-13-12-21-16-5-3-1-2-4-6-16/h7-11,14,16,21H,1-6,12-13H2,(H,22,25). The summed E-state index contributed by atoms with van der Waals surface area (Å²) < 4.78 is 14.5. The number of benzene rings is 1. The minimum absolute atomic E-state index is 0.191. The van der Waals surface area contributed by atoms with Crippen molar-refractivity contribution in [2.24, 2.45) is 0 Å². The van der Waals surface area contributed by atoms with Gasteiger partial charge in [0.25, 0.3) is 5.91 Å². The lowest BCUT2D eigenvalue weighted by atomic mass is 10.1. The molecule has 1 heterocycles. The molecule has 0 spiro atoms. The van der Waals surface area contributed by atoms with E-state index >= 15 is 0 Å². The van der Waals surface area contributed by atoms with E-state index in [-0.39, 0.29) is 11.7 Å². The maximum Gasteiger partial charge on any atom is 0.271 e. The Morgan fingerprint density at radius 2 is 1.80 bits per heavy atom. The van der Waals surface area contributed by atoms with E-state index in [0.29, 0.717) is 18.3 Å². The van der Waals surface area contributed by atoms with Gasteiger partial charge in [0.15, 0.2) is 5.69 Å². The molecule has 1 aromatic carbocycles. The average molecular weight is 344 g/mol. The first-order chi connectivity index (χ1) is 12.2. The molecule has 0 bridgehead atoms. The van der Waals surface area contributed by atoms with Gasteiger partial charge in [-0.05, 0) is 43.2 Å². The molecule has 0 aliphatic heterocycles. The van der Waals surface area contributed by atoms with Crippen LogP contribution in [0.5, 0.6) is 0 Å². The zero-order valence-electron chi connectivity index (χ0n) is 14.4. The van der Waals surface area contributed by atoms with Crippen LogP contribution >= 0.6 is 0 Å². The number of halogens is 1. The van der Waals surface area contributed by atoms with Gasteiger partial charge < -0.3 is 10.6 Å². The Labute approximate surface area is 147 Å². The molecule has 6 heteroatoms. The molecule has 1 amide bonds. The van der Waals surface area contributed by atoms with E-state index in [1.165, 1.54) is 50.7 Å². The van der Waals surface area contributed by atoms with Crippen LogP contribution in [-0.4, -0.2) is 34.8 Å². The minimum Gasteiger partial charge on any atom is -0.349 e. The highest BCUT2D eigenvalue weighted by molar-refractivity contribution is 5.92. The fraction of sp³-hybridized carbons (Fsp3) is 0.474. The smallest absolute Gasteiger partial charge is 0.271 e. The van der Waals surface area contributed by atoms with E-state index < -0.39 is 0 Å². The van der Waals surface area contributed by atoms with Gasteiger partial charge in [-0.15, -0.1) is 0 Å². The lowest BCUT2D eigenvalue weighted by molar-refractivity contribution is 0.0948. The predicted molar refractivity (Wildman–Crippen MR) is 95.3 cm³/mol. The number of hydrogen-bond acceptors (Lipinski definition) is 3. The molecule has 2 aromatic rings. The van der Waals surface area contributed by atoms with Crippen molar-refractivity contribution in [1.29, 1.82) is 0 Å². The van der Waals surface area contributed by atoms with Gasteiger partial charge in [0.2, 0.25) is 0 Å². The van der Waals surface area contributed by atoms with Gasteiger partial charge in [0, 0.05) is 25.3 Å². The number of nitrogens with one attached hydrogen (secondary N) is 2. The molecule has 1 saturated carbocycles. The maximum absolute atomic E-state index is 13.0. The highest BCUT2D eigenvalue weighted by Crippen LogP contribution is 2.16. The van der Waals surface area contributed by atoms with Crippen LogP contribution in [0.4, 0.5) is 4.39 Å². The lowest BCUT2D eigenvalue weighted by Gasteiger charge is -2.16. The molecular weight excluding hydrogens is 319 g/mol. The number of amides is 1. The van der Waals surface area contributed by atoms with Crippen molar-refractivity contribution in [2.45, 2.75) is 44.6 Å². The molecule has 1 aliphatic carbocycles. The van der Waals surface area contributed by atoms with Gasteiger partial charge in [-0.3, -0.25) is 4.79 Å². The molecule has 25 heavy (non-hydrogen) atoms. The van der Waals surface area contributed by atoms with Gasteiger partial charge in [-0.1, -0.05) is 25.7 Å². The van der Waals surface area contributed by atoms with Gasteiger partial charge in [0.05, 0.1) is 5.69 Å². The number of rotatable bonds is 6. The molecule has 0 unspecified atom stereocenters. The summed E-state index contributed by atoms with van der Waals surface area (Å²) >= 11 is 0. The van der Waals surface area contributed by atoms with Crippen LogP contribution < -0.4 is 10.6 Å². The summed E-state index contributed by atoms with van der Waals surface area (Å²) in [7, 11) is 0. The van der Waals surface area contributed by atoms with Crippen LogP contribution in [0.3, 0.4) is 0 Å². The highest BCUT2D eigenvalue weighted by atomic mass is 19.1. The lowest BCUT2D eigenvalue weighted by Crippen LogP contribution is -2.37. The van der Waals surface area contributed by atoms with Gasteiger partial charge >= 0.3 is 0 Å². The quantitative estimate of drug-likeness (QED) is 0.625. The Morgan fingerprint density at radius 1 is 1.08 bits per heavy atom. The first-order valence-corrected chi connectivity index (χ1v) is 9.05. The van der Waals surface area contributed by atoms with Crippen molar-refractivity contribution in [3.05, 3.63) is 48.0 Å². The SMILES string of the molecule is O=C(NCCNC1CCCCCC1)c1ccn(-c2ccc(F)cc2)n1. The van der Waals surface area contributed by atoms with Crippen molar-refractivity contribution < 1.29 is 9.18 Å². The largest absolute Gasteiger partial charge is 0.349 e. The van der Waals surface area contributed by atoms with E-state index in [2.05, 4.69) is 15.7 Å². The Balaban J connectivity index is 1.44. The monoisotopic (exact) mass is 344 g/mol. The van der Waals surface area contributed by atoms with E-state index in [4.69, 9.17) is 0 Å². The zero-order valence-corrected chi connectivity index (χ0v) is 14.4. The van der Waals surface area contributed by atoms with E-state index in [1.54, 1.807) is 29.1 Å². The second-order valence-electron chi connectivity index (χ2n) is 6.52. The predicted octanol–water partition coefficient (Wildman–Crippen LogP) is 3.05. The highest BCUT2D eigenvalue weighted by Gasteiger charge is 2.12. The van der Waals surface area contributed by atoms with Crippen molar-refractivity contribution in [3.8, 4) is 5.69 Å². The number of hydrogen-bond donors (Lipinski definition) is 2. The first kappa shape index (κ1) is 17.6. The van der Waals surface area contributed by atoms with Crippen LogP contribution in [0, 0.1) is 5.82 Å². The third-order valence-electron chi connectivity index (χ3n) is 4.61.